The zero-order valence-corrected chi connectivity index (χ0v) is 19.7. The molecule has 184 valence electrons. The standard InChI is InChI=1S/C24H21F2N7O2S/c25-13-5-8-20(17(26)9-13)36(34,35)32-14-6-7-18-19(10-14)31-23(30-18)16-11-33(15-3-1-2-4-15)24-21(16)22(27)28-12-29-24/h5-12,15,32H,1-4H2,(H,30,31)(H2,27,28,29). The van der Waals surface area contributed by atoms with Crippen LogP contribution in [0.3, 0.4) is 0 Å². The van der Waals surface area contributed by atoms with Crippen molar-refractivity contribution in [1.29, 1.82) is 0 Å². The molecule has 0 saturated heterocycles. The number of nitrogen functional groups attached to an aromatic ring is 1. The number of H-pyrrole nitrogens is 1. The van der Waals surface area contributed by atoms with Gasteiger partial charge in [0.2, 0.25) is 0 Å². The fourth-order valence-corrected chi connectivity index (χ4v) is 5.96. The third kappa shape index (κ3) is 3.73. The van der Waals surface area contributed by atoms with Crippen LogP contribution in [0.5, 0.6) is 0 Å². The maximum absolute atomic E-state index is 14.1. The molecule has 2 aromatic carbocycles. The van der Waals surface area contributed by atoms with Gasteiger partial charge in [-0.2, -0.15) is 0 Å². The molecule has 0 aliphatic heterocycles. The lowest BCUT2D eigenvalue weighted by Crippen LogP contribution is -2.14. The molecule has 1 aliphatic carbocycles. The maximum Gasteiger partial charge on any atom is 0.264 e. The second-order valence-corrected chi connectivity index (χ2v) is 10.5. The predicted molar refractivity (Wildman–Crippen MR) is 132 cm³/mol. The molecule has 0 amide bonds. The Hall–Kier alpha value is -4.06. The Kier molecular flexibility index (Phi) is 5.14. The van der Waals surface area contributed by atoms with Crippen LogP contribution < -0.4 is 10.5 Å². The van der Waals surface area contributed by atoms with Crippen LogP contribution in [0.2, 0.25) is 0 Å². The van der Waals surface area contributed by atoms with E-state index in [9.17, 15) is 17.2 Å². The van der Waals surface area contributed by atoms with E-state index in [4.69, 9.17) is 5.73 Å². The van der Waals surface area contributed by atoms with E-state index < -0.39 is 26.6 Å². The summed E-state index contributed by atoms with van der Waals surface area (Å²) in [5.74, 6) is -1.15. The van der Waals surface area contributed by atoms with E-state index in [1.54, 1.807) is 12.1 Å². The van der Waals surface area contributed by atoms with Gasteiger partial charge in [0.25, 0.3) is 10.0 Å². The molecular weight excluding hydrogens is 488 g/mol. The summed E-state index contributed by atoms with van der Waals surface area (Å²) in [6.07, 6.45) is 7.88. The van der Waals surface area contributed by atoms with Crippen LogP contribution in [0.15, 0.2) is 53.8 Å². The van der Waals surface area contributed by atoms with E-state index in [1.165, 1.54) is 12.4 Å². The van der Waals surface area contributed by atoms with Gasteiger partial charge in [0.1, 0.15) is 40.1 Å². The second-order valence-electron chi connectivity index (χ2n) is 8.84. The normalized spacial score (nSPS) is 14.7. The van der Waals surface area contributed by atoms with Gasteiger partial charge >= 0.3 is 0 Å². The lowest BCUT2D eigenvalue weighted by molar-refractivity contribution is 0.532. The first kappa shape index (κ1) is 22.4. The number of nitrogens with one attached hydrogen (secondary N) is 2. The van der Waals surface area contributed by atoms with Crippen molar-refractivity contribution in [3.05, 3.63) is 60.6 Å². The molecule has 5 aromatic rings. The smallest absolute Gasteiger partial charge is 0.264 e. The summed E-state index contributed by atoms with van der Waals surface area (Å²) in [4.78, 5) is 15.9. The molecule has 3 aromatic heterocycles. The Balaban J connectivity index is 1.39. The minimum atomic E-state index is -4.28. The first-order chi connectivity index (χ1) is 17.3. The van der Waals surface area contributed by atoms with Gasteiger partial charge in [-0.1, -0.05) is 12.8 Å². The molecular formula is C24H21F2N7O2S. The molecule has 0 atom stereocenters. The van der Waals surface area contributed by atoms with E-state index in [0.717, 1.165) is 49.0 Å². The first-order valence-corrected chi connectivity index (χ1v) is 12.9. The number of halogens is 2. The fraction of sp³-hybridized carbons (Fsp3) is 0.208. The molecule has 3 heterocycles. The van der Waals surface area contributed by atoms with Crippen LogP contribution >= 0.6 is 0 Å². The number of aromatic nitrogens is 5. The summed E-state index contributed by atoms with van der Waals surface area (Å²) >= 11 is 0. The van der Waals surface area contributed by atoms with Gasteiger partial charge in [0.05, 0.1) is 22.1 Å². The fourth-order valence-electron chi connectivity index (χ4n) is 4.85. The molecule has 12 heteroatoms. The van der Waals surface area contributed by atoms with Crippen molar-refractivity contribution in [1.82, 2.24) is 24.5 Å². The van der Waals surface area contributed by atoms with Crippen molar-refractivity contribution in [3.63, 3.8) is 0 Å². The number of hydrogen-bond acceptors (Lipinski definition) is 6. The van der Waals surface area contributed by atoms with Crippen molar-refractivity contribution < 1.29 is 17.2 Å². The number of benzene rings is 2. The highest BCUT2D eigenvalue weighted by Gasteiger charge is 2.24. The van der Waals surface area contributed by atoms with Gasteiger partial charge in [-0.05, 0) is 43.2 Å². The van der Waals surface area contributed by atoms with Gasteiger partial charge in [-0.3, -0.25) is 4.72 Å². The highest BCUT2D eigenvalue weighted by atomic mass is 32.2. The van der Waals surface area contributed by atoms with E-state index >= 15 is 0 Å². The first-order valence-electron chi connectivity index (χ1n) is 11.4. The number of imidazole rings is 1. The van der Waals surface area contributed by atoms with E-state index in [1.807, 2.05) is 6.20 Å². The van der Waals surface area contributed by atoms with Crippen LogP contribution in [-0.4, -0.2) is 32.9 Å². The molecule has 9 nitrogen and oxygen atoms in total. The van der Waals surface area contributed by atoms with Gasteiger partial charge < -0.3 is 15.3 Å². The van der Waals surface area contributed by atoms with Crippen LogP contribution in [0, 0.1) is 11.6 Å². The zero-order valence-electron chi connectivity index (χ0n) is 18.9. The Morgan fingerprint density at radius 1 is 1.08 bits per heavy atom. The molecule has 1 fully saturated rings. The number of sulfonamides is 1. The average molecular weight is 510 g/mol. The zero-order chi connectivity index (χ0) is 25.0. The number of anilines is 2. The third-order valence-corrected chi connectivity index (χ3v) is 7.94. The van der Waals surface area contributed by atoms with Crippen molar-refractivity contribution in [2.75, 3.05) is 10.5 Å². The topological polar surface area (TPSA) is 132 Å². The number of hydrogen-bond donors (Lipinski definition) is 3. The van der Waals surface area contributed by atoms with Crippen molar-refractivity contribution in [3.8, 4) is 11.4 Å². The molecule has 1 saturated carbocycles. The van der Waals surface area contributed by atoms with Crippen LogP contribution in [0.25, 0.3) is 33.5 Å². The number of fused-ring (bicyclic) bond motifs is 2. The molecule has 1 aliphatic rings. The molecule has 0 radical (unpaired) electrons. The van der Waals surface area contributed by atoms with Crippen molar-refractivity contribution in [2.24, 2.45) is 0 Å². The second kappa shape index (κ2) is 8.26. The summed E-state index contributed by atoms with van der Waals surface area (Å²) < 4.78 is 57.1. The molecule has 0 unspecified atom stereocenters. The lowest BCUT2D eigenvalue weighted by Gasteiger charge is -2.12. The molecule has 4 N–H and O–H groups in total. The Bertz CT molecular complexity index is 1740. The summed E-state index contributed by atoms with van der Waals surface area (Å²) in [6.45, 7) is 0. The van der Waals surface area contributed by atoms with Gasteiger partial charge in [0.15, 0.2) is 0 Å². The quantitative estimate of drug-likeness (QED) is 0.313. The van der Waals surface area contributed by atoms with Gasteiger partial charge in [-0.25, -0.2) is 32.2 Å². The van der Waals surface area contributed by atoms with E-state index in [2.05, 4.69) is 29.2 Å². The number of nitrogens with zero attached hydrogens (tertiary/aromatic N) is 4. The molecule has 0 bridgehead atoms. The highest BCUT2D eigenvalue weighted by molar-refractivity contribution is 7.92. The minimum Gasteiger partial charge on any atom is -0.383 e. The Morgan fingerprint density at radius 2 is 1.89 bits per heavy atom. The lowest BCUT2D eigenvalue weighted by atomic mass is 10.2. The summed E-state index contributed by atoms with van der Waals surface area (Å²) in [7, 11) is -4.28. The molecule has 6 rings (SSSR count). The minimum absolute atomic E-state index is 0.192. The summed E-state index contributed by atoms with van der Waals surface area (Å²) in [5, 5.41) is 0.705. The van der Waals surface area contributed by atoms with Gasteiger partial charge in [0, 0.05) is 23.9 Å². The molecule has 0 spiro atoms. The molecule has 36 heavy (non-hydrogen) atoms. The highest BCUT2D eigenvalue weighted by Crippen LogP contribution is 2.38. The number of rotatable bonds is 5. The Labute approximate surface area is 204 Å². The van der Waals surface area contributed by atoms with Crippen LogP contribution in [-0.2, 0) is 10.0 Å². The summed E-state index contributed by atoms with van der Waals surface area (Å²) in [5.41, 5.74) is 9.08. The number of aromatic amines is 1. The van der Waals surface area contributed by atoms with Crippen LogP contribution in [0.1, 0.15) is 31.7 Å². The Morgan fingerprint density at radius 3 is 2.67 bits per heavy atom. The maximum atomic E-state index is 14.1. The van der Waals surface area contributed by atoms with Gasteiger partial charge in [-0.15, -0.1) is 0 Å². The van der Waals surface area contributed by atoms with E-state index in [0.29, 0.717) is 40.2 Å². The summed E-state index contributed by atoms with van der Waals surface area (Å²) in [6, 6.07) is 7.34. The van der Waals surface area contributed by atoms with E-state index in [-0.39, 0.29) is 5.69 Å². The number of nitrogens with two attached hydrogens (primary N) is 1. The SMILES string of the molecule is Nc1ncnc2c1c(-c1nc3ccc(NS(=O)(=O)c4ccc(F)cc4F)cc3[nH]1)cn2C1CCCC1. The van der Waals surface area contributed by atoms with Crippen molar-refractivity contribution in [2.45, 2.75) is 36.6 Å². The predicted octanol–water partition coefficient (Wildman–Crippen LogP) is 4.75. The average Bonchev–Trinajstić information content (AvgIpc) is 3.56. The van der Waals surface area contributed by atoms with Crippen LogP contribution in [0.4, 0.5) is 20.3 Å². The van der Waals surface area contributed by atoms with Crippen molar-refractivity contribution >= 4 is 43.6 Å². The monoisotopic (exact) mass is 509 g/mol. The largest absolute Gasteiger partial charge is 0.383 e. The third-order valence-electron chi connectivity index (χ3n) is 6.53.